The Morgan fingerprint density at radius 3 is 1.92 bits per heavy atom. The van der Waals surface area contributed by atoms with Crippen molar-refractivity contribution in [2.45, 2.75) is 12.8 Å². The molecule has 1 aliphatic rings. The third kappa shape index (κ3) is 5.90. The van der Waals surface area contributed by atoms with Crippen molar-refractivity contribution < 1.29 is 19.1 Å². The SMILES string of the molecule is C=CC(=O)OC.COC(=O)C1CC1. The van der Waals surface area contributed by atoms with Crippen molar-refractivity contribution in [3.8, 4) is 0 Å². The van der Waals surface area contributed by atoms with Gasteiger partial charge in [-0.2, -0.15) is 0 Å². The van der Waals surface area contributed by atoms with Gasteiger partial charge in [0.2, 0.25) is 0 Å². The van der Waals surface area contributed by atoms with E-state index in [1.54, 1.807) is 0 Å². The lowest BCUT2D eigenvalue weighted by Crippen LogP contribution is -2.00. The predicted molar refractivity (Wildman–Crippen MR) is 47.0 cm³/mol. The van der Waals surface area contributed by atoms with Gasteiger partial charge < -0.3 is 9.47 Å². The molecule has 4 nitrogen and oxygen atoms in total. The molecule has 0 radical (unpaired) electrons. The summed E-state index contributed by atoms with van der Waals surface area (Å²) in [6.45, 7) is 3.16. The first-order valence-corrected chi connectivity index (χ1v) is 3.94. The van der Waals surface area contributed by atoms with Gasteiger partial charge in [0, 0.05) is 6.08 Å². The molecule has 0 N–H and O–H groups in total. The second-order valence-electron chi connectivity index (χ2n) is 2.52. The second kappa shape index (κ2) is 6.22. The summed E-state index contributed by atoms with van der Waals surface area (Å²) in [5.41, 5.74) is 0. The summed E-state index contributed by atoms with van der Waals surface area (Å²) in [6.07, 6.45) is 3.18. The van der Waals surface area contributed by atoms with Gasteiger partial charge in [-0.25, -0.2) is 4.79 Å². The van der Waals surface area contributed by atoms with Gasteiger partial charge in [-0.15, -0.1) is 0 Å². The predicted octanol–water partition coefficient (Wildman–Crippen LogP) is 0.915. The summed E-state index contributed by atoms with van der Waals surface area (Å²) in [7, 11) is 2.74. The summed E-state index contributed by atoms with van der Waals surface area (Å²) in [5.74, 6) is -0.181. The average molecular weight is 186 g/mol. The molecule has 0 spiro atoms. The van der Waals surface area contributed by atoms with Gasteiger partial charge in [-0.05, 0) is 12.8 Å². The van der Waals surface area contributed by atoms with Gasteiger partial charge in [-0.1, -0.05) is 6.58 Å². The van der Waals surface area contributed by atoms with Crippen LogP contribution in [0.25, 0.3) is 0 Å². The van der Waals surface area contributed by atoms with Crippen LogP contribution in [0.1, 0.15) is 12.8 Å². The van der Waals surface area contributed by atoms with Gasteiger partial charge in [0.15, 0.2) is 0 Å². The van der Waals surface area contributed by atoms with Crippen molar-refractivity contribution >= 4 is 11.9 Å². The normalized spacial score (nSPS) is 13.4. The topological polar surface area (TPSA) is 52.6 Å². The fourth-order valence-electron chi connectivity index (χ4n) is 0.569. The average Bonchev–Trinajstić information content (AvgIpc) is 2.99. The van der Waals surface area contributed by atoms with E-state index in [2.05, 4.69) is 16.1 Å². The molecule has 0 saturated heterocycles. The number of methoxy groups -OCH3 is 2. The van der Waals surface area contributed by atoms with Crippen molar-refractivity contribution in [2.24, 2.45) is 5.92 Å². The molecule has 74 valence electrons. The molecular formula is C9H14O4. The lowest BCUT2D eigenvalue weighted by atomic mass is 10.4. The Morgan fingerprint density at radius 2 is 1.85 bits per heavy atom. The third-order valence-corrected chi connectivity index (χ3v) is 1.48. The van der Waals surface area contributed by atoms with E-state index < -0.39 is 5.97 Å². The summed E-state index contributed by atoms with van der Waals surface area (Å²) in [5, 5.41) is 0. The van der Waals surface area contributed by atoms with E-state index in [-0.39, 0.29) is 11.9 Å². The van der Waals surface area contributed by atoms with Crippen LogP contribution < -0.4 is 0 Å². The summed E-state index contributed by atoms with van der Waals surface area (Å²) >= 11 is 0. The first-order chi connectivity index (χ1) is 6.15. The molecule has 0 bridgehead atoms. The molecule has 1 fully saturated rings. The van der Waals surface area contributed by atoms with E-state index in [4.69, 9.17) is 0 Å². The highest BCUT2D eigenvalue weighted by molar-refractivity contribution is 5.80. The van der Waals surface area contributed by atoms with Crippen molar-refractivity contribution in [1.29, 1.82) is 0 Å². The first kappa shape index (κ1) is 11.7. The zero-order chi connectivity index (χ0) is 10.3. The minimum atomic E-state index is -0.394. The fraction of sp³-hybridized carbons (Fsp3) is 0.556. The number of carbonyl (C=O) groups is 2. The van der Waals surface area contributed by atoms with Gasteiger partial charge in [-0.3, -0.25) is 4.79 Å². The quantitative estimate of drug-likeness (QED) is 0.475. The summed E-state index contributed by atoms with van der Waals surface area (Å²) in [6, 6.07) is 0. The van der Waals surface area contributed by atoms with E-state index in [0.717, 1.165) is 18.9 Å². The van der Waals surface area contributed by atoms with Crippen LogP contribution in [0, 0.1) is 5.92 Å². The molecule has 0 aromatic carbocycles. The maximum atomic E-state index is 10.4. The molecule has 0 atom stereocenters. The molecule has 0 aromatic rings. The fourth-order valence-corrected chi connectivity index (χ4v) is 0.569. The molecular weight excluding hydrogens is 172 g/mol. The first-order valence-electron chi connectivity index (χ1n) is 3.94. The Morgan fingerprint density at radius 1 is 1.31 bits per heavy atom. The molecule has 0 aliphatic heterocycles. The monoisotopic (exact) mass is 186 g/mol. The molecule has 1 saturated carbocycles. The lowest BCUT2D eigenvalue weighted by Gasteiger charge is -1.89. The van der Waals surface area contributed by atoms with Gasteiger partial charge in [0.05, 0.1) is 20.1 Å². The number of carbonyl (C=O) groups excluding carboxylic acids is 2. The van der Waals surface area contributed by atoms with E-state index in [9.17, 15) is 9.59 Å². The van der Waals surface area contributed by atoms with E-state index in [1.165, 1.54) is 14.2 Å². The number of ether oxygens (including phenoxy) is 2. The van der Waals surface area contributed by atoms with E-state index in [0.29, 0.717) is 0 Å². The maximum absolute atomic E-state index is 10.4. The van der Waals surface area contributed by atoms with Crippen molar-refractivity contribution in [1.82, 2.24) is 0 Å². The van der Waals surface area contributed by atoms with Crippen LogP contribution >= 0.6 is 0 Å². The van der Waals surface area contributed by atoms with Crippen LogP contribution in [0.15, 0.2) is 12.7 Å². The molecule has 1 rings (SSSR count). The summed E-state index contributed by atoms with van der Waals surface area (Å²) in [4.78, 5) is 20.2. The largest absolute Gasteiger partial charge is 0.469 e. The molecule has 0 aromatic heterocycles. The zero-order valence-corrected chi connectivity index (χ0v) is 7.91. The molecule has 0 unspecified atom stereocenters. The molecule has 4 heteroatoms. The lowest BCUT2D eigenvalue weighted by molar-refractivity contribution is -0.142. The highest BCUT2D eigenvalue weighted by atomic mass is 16.5. The Kier molecular flexibility index (Phi) is 5.59. The Bertz CT molecular complexity index is 194. The standard InChI is InChI=1S/C5H8O2.C4H6O2/c1-7-5(6)4-2-3-4;1-3-4(5)6-2/h4H,2-3H2,1H3;3H,1H2,2H3. The van der Waals surface area contributed by atoms with Crippen molar-refractivity contribution in [3.05, 3.63) is 12.7 Å². The number of hydrogen-bond acceptors (Lipinski definition) is 4. The van der Waals surface area contributed by atoms with Crippen LogP contribution in [0.3, 0.4) is 0 Å². The Labute approximate surface area is 77.5 Å². The minimum Gasteiger partial charge on any atom is -0.469 e. The highest BCUT2D eigenvalue weighted by Crippen LogP contribution is 2.29. The van der Waals surface area contributed by atoms with Gasteiger partial charge >= 0.3 is 11.9 Å². The van der Waals surface area contributed by atoms with Gasteiger partial charge in [0.1, 0.15) is 0 Å². The molecule has 0 heterocycles. The number of hydrogen-bond donors (Lipinski definition) is 0. The maximum Gasteiger partial charge on any atom is 0.329 e. The van der Waals surface area contributed by atoms with Crippen LogP contribution in [0.4, 0.5) is 0 Å². The summed E-state index contributed by atoms with van der Waals surface area (Å²) < 4.78 is 8.58. The Balaban J connectivity index is 0.000000226. The third-order valence-electron chi connectivity index (χ3n) is 1.48. The Hall–Kier alpha value is -1.32. The highest BCUT2D eigenvalue weighted by Gasteiger charge is 2.30. The van der Waals surface area contributed by atoms with Crippen LogP contribution in [-0.2, 0) is 19.1 Å². The molecule has 13 heavy (non-hydrogen) atoms. The number of rotatable bonds is 2. The second-order valence-corrected chi connectivity index (χ2v) is 2.52. The molecule has 1 aliphatic carbocycles. The van der Waals surface area contributed by atoms with E-state index in [1.807, 2.05) is 0 Å². The van der Waals surface area contributed by atoms with Crippen LogP contribution in [0.2, 0.25) is 0 Å². The van der Waals surface area contributed by atoms with Crippen molar-refractivity contribution in [3.63, 3.8) is 0 Å². The smallest absolute Gasteiger partial charge is 0.329 e. The van der Waals surface area contributed by atoms with Crippen LogP contribution in [0.5, 0.6) is 0 Å². The zero-order valence-electron chi connectivity index (χ0n) is 7.91. The number of esters is 2. The minimum absolute atomic E-state index is 0.0417. The van der Waals surface area contributed by atoms with E-state index >= 15 is 0 Å². The molecule has 0 amide bonds. The van der Waals surface area contributed by atoms with Crippen molar-refractivity contribution in [2.75, 3.05) is 14.2 Å². The van der Waals surface area contributed by atoms with Crippen LogP contribution in [-0.4, -0.2) is 26.2 Å². The van der Waals surface area contributed by atoms with Gasteiger partial charge in [0.25, 0.3) is 0 Å².